The van der Waals surface area contributed by atoms with E-state index in [4.69, 9.17) is 9.84 Å². The van der Waals surface area contributed by atoms with Crippen molar-refractivity contribution < 1.29 is 14.6 Å². The molecule has 0 bridgehead atoms. The second-order valence-electron chi connectivity index (χ2n) is 5.78. The van der Waals surface area contributed by atoms with Gasteiger partial charge in [0.05, 0.1) is 6.61 Å². The summed E-state index contributed by atoms with van der Waals surface area (Å²) in [6.45, 7) is 7.97. The van der Waals surface area contributed by atoms with Crippen molar-refractivity contribution >= 4 is 11.8 Å². The lowest BCUT2D eigenvalue weighted by molar-refractivity contribution is 0.0526. The van der Waals surface area contributed by atoms with Crippen LogP contribution in [0.1, 0.15) is 33.3 Å². The quantitative estimate of drug-likeness (QED) is 0.775. The molecule has 0 aliphatic rings. The highest BCUT2D eigenvalue weighted by Gasteiger charge is 2.16. The van der Waals surface area contributed by atoms with Gasteiger partial charge < -0.3 is 20.5 Å². The zero-order valence-electron chi connectivity index (χ0n) is 12.6. The first-order valence-corrected chi connectivity index (χ1v) is 6.73. The maximum Gasteiger partial charge on any atom is 0.407 e. The number of aliphatic hydroxyl groups excluding tert-OH is 1. The van der Waals surface area contributed by atoms with Gasteiger partial charge in [0.15, 0.2) is 0 Å². The van der Waals surface area contributed by atoms with Crippen molar-refractivity contribution in [1.82, 2.24) is 5.32 Å². The first-order valence-electron chi connectivity index (χ1n) is 6.73. The Kier molecular flexibility index (Phi) is 5.82. The number of ether oxygens (including phenoxy) is 1. The van der Waals surface area contributed by atoms with Gasteiger partial charge in [-0.25, -0.2) is 4.79 Å². The highest BCUT2D eigenvalue weighted by Crippen LogP contribution is 2.11. The van der Waals surface area contributed by atoms with Crippen molar-refractivity contribution in [1.29, 1.82) is 0 Å². The zero-order valence-corrected chi connectivity index (χ0v) is 12.6. The normalized spacial score (nSPS) is 12.7. The van der Waals surface area contributed by atoms with E-state index in [1.165, 1.54) is 0 Å². The highest BCUT2D eigenvalue weighted by atomic mass is 16.6. The third kappa shape index (κ3) is 6.43. The van der Waals surface area contributed by atoms with Crippen LogP contribution >= 0.6 is 0 Å². The molecule has 5 heteroatoms. The predicted octanol–water partition coefficient (Wildman–Crippen LogP) is 2.50. The molecule has 3 N–H and O–H groups in total. The van der Waals surface area contributed by atoms with Gasteiger partial charge in [-0.1, -0.05) is 12.1 Å². The summed E-state index contributed by atoms with van der Waals surface area (Å²) < 4.78 is 5.16. The Hall–Kier alpha value is -1.75. The summed E-state index contributed by atoms with van der Waals surface area (Å²) in [4.78, 5) is 11.5. The largest absolute Gasteiger partial charge is 0.444 e. The van der Waals surface area contributed by atoms with Gasteiger partial charge in [0.25, 0.3) is 0 Å². The van der Waals surface area contributed by atoms with Gasteiger partial charge in [-0.05, 0) is 45.4 Å². The number of hydrogen-bond donors (Lipinski definition) is 3. The van der Waals surface area contributed by atoms with Gasteiger partial charge in [0.2, 0.25) is 0 Å². The fraction of sp³-hybridized carbons (Fsp3) is 0.533. The Morgan fingerprint density at radius 3 is 2.40 bits per heavy atom. The van der Waals surface area contributed by atoms with Gasteiger partial charge in [-0.15, -0.1) is 0 Å². The van der Waals surface area contributed by atoms with E-state index in [-0.39, 0.29) is 12.6 Å². The summed E-state index contributed by atoms with van der Waals surface area (Å²) in [5.74, 6) is 0. The molecule has 5 nitrogen and oxygen atoms in total. The number of carbonyl (C=O) groups excluding carboxylic acids is 1. The number of hydrogen-bond acceptors (Lipinski definition) is 4. The summed E-state index contributed by atoms with van der Waals surface area (Å²) in [6, 6.07) is 7.58. The Morgan fingerprint density at radius 1 is 1.30 bits per heavy atom. The summed E-state index contributed by atoms with van der Waals surface area (Å²) >= 11 is 0. The zero-order chi connectivity index (χ0) is 15.2. The third-order valence-electron chi connectivity index (χ3n) is 2.50. The van der Waals surface area contributed by atoms with Gasteiger partial charge >= 0.3 is 6.09 Å². The van der Waals surface area contributed by atoms with E-state index in [1.54, 1.807) is 0 Å². The molecule has 1 aromatic rings. The van der Waals surface area contributed by atoms with E-state index in [0.29, 0.717) is 6.54 Å². The second kappa shape index (κ2) is 7.14. The Bertz CT molecular complexity index is 424. The first-order chi connectivity index (χ1) is 9.30. The van der Waals surface area contributed by atoms with Crippen LogP contribution in [-0.4, -0.2) is 29.4 Å². The number of benzene rings is 1. The van der Waals surface area contributed by atoms with Gasteiger partial charge in [0, 0.05) is 18.3 Å². The molecule has 1 amide bonds. The number of anilines is 1. The molecule has 1 atom stereocenters. The highest BCUT2D eigenvalue weighted by molar-refractivity contribution is 5.67. The molecule has 112 valence electrons. The summed E-state index contributed by atoms with van der Waals surface area (Å²) in [6.07, 6.45) is -0.415. The molecule has 0 aliphatic carbocycles. The van der Waals surface area contributed by atoms with Crippen LogP contribution in [0.5, 0.6) is 0 Å². The summed E-state index contributed by atoms with van der Waals surface area (Å²) in [5, 5.41) is 14.9. The first kappa shape index (κ1) is 16.3. The van der Waals surface area contributed by atoms with Crippen LogP contribution in [0.4, 0.5) is 10.5 Å². The second-order valence-corrected chi connectivity index (χ2v) is 5.78. The van der Waals surface area contributed by atoms with Crippen molar-refractivity contribution in [2.45, 2.75) is 45.9 Å². The molecule has 0 aliphatic heterocycles. The number of rotatable bonds is 5. The molecule has 0 fully saturated rings. The lowest BCUT2D eigenvalue weighted by Crippen LogP contribution is -2.38. The molecule has 0 heterocycles. The molecular formula is C15H24N2O3. The van der Waals surface area contributed by atoms with Crippen LogP contribution in [0.15, 0.2) is 24.3 Å². The fourth-order valence-electron chi connectivity index (χ4n) is 1.59. The monoisotopic (exact) mass is 280 g/mol. The molecule has 1 unspecified atom stereocenters. The lowest BCUT2D eigenvalue weighted by Gasteiger charge is -2.21. The summed E-state index contributed by atoms with van der Waals surface area (Å²) in [5.41, 5.74) is 1.33. The van der Waals surface area contributed by atoms with E-state index in [2.05, 4.69) is 10.6 Å². The Morgan fingerprint density at radius 2 is 1.90 bits per heavy atom. The number of aliphatic hydroxyl groups is 1. The average molecular weight is 280 g/mol. The van der Waals surface area contributed by atoms with Crippen molar-refractivity contribution in [2.75, 3.05) is 11.9 Å². The number of alkyl carbamates (subject to hydrolysis) is 1. The Balaban J connectivity index is 2.36. The number of carbonyl (C=O) groups is 1. The van der Waals surface area contributed by atoms with E-state index in [9.17, 15) is 4.79 Å². The number of amides is 1. The van der Waals surface area contributed by atoms with Crippen LogP contribution < -0.4 is 10.6 Å². The van der Waals surface area contributed by atoms with Crippen LogP contribution in [0.25, 0.3) is 0 Å². The maximum atomic E-state index is 11.5. The third-order valence-corrected chi connectivity index (χ3v) is 2.50. The maximum absolute atomic E-state index is 11.5. The van der Waals surface area contributed by atoms with Gasteiger partial charge in [-0.3, -0.25) is 0 Å². The molecule has 0 saturated heterocycles. The SMILES string of the molecule is CC(CNC(=O)OC(C)(C)C)Nc1ccc(CO)cc1. The van der Waals surface area contributed by atoms with Gasteiger partial charge in [-0.2, -0.15) is 0 Å². The molecule has 1 rings (SSSR count). The Labute approximate surface area is 120 Å². The average Bonchev–Trinajstić information content (AvgIpc) is 2.35. The molecule has 0 radical (unpaired) electrons. The van der Waals surface area contributed by atoms with E-state index in [0.717, 1.165) is 11.3 Å². The van der Waals surface area contributed by atoms with Crippen molar-refractivity contribution in [2.24, 2.45) is 0 Å². The van der Waals surface area contributed by atoms with E-state index >= 15 is 0 Å². The van der Waals surface area contributed by atoms with Crippen LogP contribution in [-0.2, 0) is 11.3 Å². The van der Waals surface area contributed by atoms with Crippen LogP contribution in [0, 0.1) is 0 Å². The molecular weight excluding hydrogens is 256 g/mol. The van der Waals surface area contributed by atoms with Crippen molar-refractivity contribution in [3.63, 3.8) is 0 Å². The minimum atomic E-state index is -0.485. The van der Waals surface area contributed by atoms with Crippen molar-refractivity contribution in [3.05, 3.63) is 29.8 Å². The predicted molar refractivity (Wildman–Crippen MR) is 79.7 cm³/mol. The smallest absolute Gasteiger partial charge is 0.407 e. The standard InChI is InChI=1S/C15H24N2O3/c1-11(9-16-14(19)20-15(2,3)4)17-13-7-5-12(10-18)6-8-13/h5-8,11,17-18H,9-10H2,1-4H3,(H,16,19). The van der Waals surface area contributed by atoms with Crippen molar-refractivity contribution in [3.8, 4) is 0 Å². The summed E-state index contributed by atoms with van der Waals surface area (Å²) in [7, 11) is 0. The molecule has 20 heavy (non-hydrogen) atoms. The topological polar surface area (TPSA) is 70.6 Å². The molecule has 0 aromatic heterocycles. The fourth-order valence-corrected chi connectivity index (χ4v) is 1.59. The molecule has 0 spiro atoms. The van der Waals surface area contributed by atoms with E-state index in [1.807, 2.05) is 52.0 Å². The lowest BCUT2D eigenvalue weighted by atomic mass is 10.2. The van der Waals surface area contributed by atoms with Gasteiger partial charge in [0.1, 0.15) is 5.60 Å². The van der Waals surface area contributed by atoms with Crippen LogP contribution in [0.3, 0.4) is 0 Å². The number of nitrogens with one attached hydrogen (secondary N) is 2. The van der Waals surface area contributed by atoms with Crippen LogP contribution in [0.2, 0.25) is 0 Å². The minimum absolute atomic E-state index is 0.0377. The minimum Gasteiger partial charge on any atom is -0.444 e. The molecule has 0 saturated carbocycles. The molecule has 1 aromatic carbocycles. The van der Waals surface area contributed by atoms with E-state index < -0.39 is 11.7 Å².